The first kappa shape index (κ1) is 18.7. The Bertz CT molecular complexity index is 587. The topological polar surface area (TPSA) is 74.3 Å². The molecule has 6 nitrogen and oxygen atoms in total. The van der Waals surface area contributed by atoms with Crippen LogP contribution in [0.3, 0.4) is 0 Å². The highest BCUT2D eigenvalue weighted by molar-refractivity contribution is 5.78. The minimum Gasteiger partial charge on any atom is -0.353 e. The molecule has 1 aromatic heterocycles. The number of amides is 3. The average Bonchev–Trinajstić information content (AvgIpc) is 3.03. The summed E-state index contributed by atoms with van der Waals surface area (Å²) >= 11 is 0. The number of hydrogen-bond donors (Lipinski definition) is 2. The molecule has 2 fully saturated rings. The van der Waals surface area contributed by atoms with Crippen LogP contribution in [0, 0.1) is 0 Å². The zero-order valence-corrected chi connectivity index (χ0v) is 15.5. The molecule has 26 heavy (non-hydrogen) atoms. The van der Waals surface area contributed by atoms with Gasteiger partial charge in [0.25, 0.3) is 0 Å². The second-order valence-electron chi connectivity index (χ2n) is 7.37. The van der Waals surface area contributed by atoms with Gasteiger partial charge in [-0.3, -0.25) is 9.78 Å². The van der Waals surface area contributed by atoms with Crippen molar-refractivity contribution in [3.05, 3.63) is 30.1 Å². The van der Waals surface area contributed by atoms with Crippen molar-refractivity contribution in [1.82, 2.24) is 20.5 Å². The summed E-state index contributed by atoms with van der Waals surface area (Å²) in [5.41, 5.74) is 1.14. The van der Waals surface area contributed by atoms with Crippen LogP contribution < -0.4 is 10.6 Å². The van der Waals surface area contributed by atoms with Crippen LogP contribution in [0.2, 0.25) is 0 Å². The van der Waals surface area contributed by atoms with E-state index in [-0.39, 0.29) is 18.0 Å². The van der Waals surface area contributed by atoms with E-state index in [1.54, 1.807) is 12.4 Å². The van der Waals surface area contributed by atoms with Gasteiger partial charge in [-0.15, -0.1) is 0 Å². The molecule has 1 saturated carbocycles. The summed E-state index contributed by atoms with van der Waals surface area (Å²) in [6, 6.07) is 4.34. The molecular weight excluding hydrogens is 328 g/mol. The van der Waals surface area contributed by atoms with Crippen LogP contribution in [0.15, 0.2) is 24.5 Å². The largest absolute Gasteiger partial charge is 0.353 e. The van der Waals surface area contributed by atoms with E-state index in [0.29, 0.717) is 19.0 Å². The number of urea groups is 1. The van der Waals surface area contributed by atoms with Gasteiger partial charge < -0.3 is 15.5 Å². The highest BCUT2D eigenvalue weighted by Crippen LogP contribution is 2.29. The molecule has 0 aromatic carbocycles. The van der Waals surface area contributed by atoms with Crippen LogP contribution >= 0.6 is 0 Å². The molecule has 3 amide bonds. The molecule has 6 heteroatoms. The van der Waals surface area contributed by atoms with Crippen molar-refractivity contribution in [2.45, 2.75) is 69.9 Å². The van der Waals surface area contributed by atoms with Crippen molar-refractivity contribution in [1.29, 1.82) is 0 Å². The van der Waals surface area contributed by atoms with Gasteiger partial charge in [-0.05, 0) is 43.4 Å². The molecule has 2 aliphatic rings. The van der Waals surface area contributed by atoms with Crippen molar-refractivity contribution >= 4 is 11.9 Å². The highest BCUT2D eigenvalue weighted by Gasteiger charge is 2.26. The van der Waals surface area contributed by atoms with Crippen molar-refractivity contribution in [3.8, 4) is 0 Å². The zero-order valence-electron chi connectivity index (χ0n) is 15.5. The van der Waals surface area contributed by atoms with E-state index >= 15 is 0 Å². The third kappa shape index (κ3) is 5.19. The quantitative estimate of drug-likeness (QED) is 0.849. The van der Waals surface area contributed by atoms with Crippen LogP contribution in [0.4, 0.5) is 4.79 Å². The van der Waals surface area contributed by atoms with E-state index in [4.69, 9.17) is 0 Å². The third-order valence-electron chi connectivity index (χ3n) is 5.45. The predicted molar refractivity (Wildman–Crippen MR) is 101 cm³/mol. The first-order valence-electron chi connectivity index (χ1n) is 9.98. The first-order chi connectivity index (χ1) is 12.7. The molecule has 3 rings (SSSR count). The normalized spacial score (nSPS) is 21.2. The Morgan fingerprint density at radius 2 is 1.77 bits per heavy atom. The highest BCUT2D eigenvalue weighted by atomic mass is 16.2. The number of nitrogens with zero attached hydrogens (tertiary/aromatic N) is 2. The Balaban J connectivity index is 1.50. The van der Waals surface area contributed by atoms with Crippen LogP contribution in [0.1, 0.15) is 69.4 Å². The Morgan fingerprint density at radius 1 is 1.04 bits per heavy atom. The standard InChI is InChI=1S/C20H30N4O2/c25-19(23-17-6-3-4-7-17)11-14-22-20(26)24-15-5-1-2-8-18(24)16-9-12-21-13-10-16/h9-10,12-13,17-18H,1-8,11,14-15H2,(H,22,26)(H,23,25)/t18-/m1/s1. The summed E-state index contributed by atoms with van der Waals surface area (Å²) in [7, 11) is 0. The van der Waals surface area contributed by atoms with E-state index in [2.05, 4.69) is 15.6 Å². The minimum atomic E-state index is -0.0672. The fraction of sp³-hybridized carbons (Fsp3) is 0.650. The maximum absolute atomic E-state index is 12.7. The van der Waals surface area contributed by atoms with Gasteiger partial charge in [-0.2, -0.15) is 0 Å². The molecule has 0 spiro atoms. The van der Waals surface area contributed by atoms with Crippen LogP contribution in [-0.2, 0) is 4.79 Å². The summed E-state index contributed by atoms with van der Waals surface area (Å²) in [6.07, 6.45) is 12.7. The second-order valence-corrected chi connectivity index (χ2v) is 7.37. The van der Waals surface area contributed by atoms with E-state index in [0.717, 1.165) is 50.6 Å². The smallest absolute Gasteiger partial charge is 0.317 e. The summed E-state index contributed by atoms with van der Waals surface area (Å²) < 4.78 is 0. The van der Waals surface area contributed by atoms with Gasteiger partial charge in [0, 0.05) is 37.9 Å². The van der Waals surface area contributed by atoms with Gasteiger partial charge in [0.1, 0.15) is 0 Å². The molecule has 0 radical (unpaired) electrons. The van der Waals surface area contributed by atoms with Gasteiger partial charge in [0.05, 0.1) is 6.04 Å². The lowest BCUT2D eigenvalue weighted by molar-refractivity contribution is -0.121. The fourth-order valence-corrected chi connectivity index (χ4v) is 4.04. The Morgan fingerprint density at radius 3 is 2.54 bits per heavy atom. The number of hydrogen-bond acceptors (Lipinski definition) is 3. The van der Waals surface area contributed by atoms with E-state index in [1.165, 1.54) is 12.8 Å². The second kappa shape index (κ2) is 9.55. The van der Waals surface area contributed by atoms with Crippen molar-refractivity contribution < 1.29 is 9.59 Å². The molecule has 142 valence electrons. The third-order valence-corrected chi connectivity index (χ3v) is 5.45. The molecule has 1 aliphatic heterocycles. The number of pyridine rings is 1. The number of aromatic nitrogens is 1. The summed E-state index contributed by atoms with van der Waals surface area (Å²) in [6.45, 7) is 1.14. The van der Waals surface area contributed by atoms with Gasteiger partial charge in [0.2, 0.25) is 5.91 Å². The van der Waals surface area contributed by atoms with Gasteiger partial charge in [0.15, 0.2) is 0 Å². The van der Waals surface area contributed by atoms with Crippen LogP contribution in [0.5, 0.6) is 0 Å². The molecule has 1 atom stereocenters. The predicted octanol–water partition coefficient (Wildman–Crippen LogP) is 3.16. The molecule has 1 aliphatic carbocycles. The molecule has 0 unspecified atom stereocenters. The minimum absolute atomic E-state index is 0.0405. The van der Waals surface area contributed by atoms with Crippen LogP contribution in [0.25, 0.3) is 0 Å². The van der Waals surface area contributed by atoms with Crippen LogP contribution in [-0.4, -0.2) is 41.0 Å². The number of rotatable bonds is 5. The Kier molecular flexibility index (Phi) is 6.86. The number of carbonyl (C=O) groups is 2. The lowest BCUT2D eigenvalue weighted by Crippen LogP contribution is -2.43. The summed E-state index contributed by atoms with van der Waals surface area (Å²) in [5, 5.41) is 6.01. The molecule has 2 heterocycles. The number of carbonyl (C=O) groups excluding carboxylic acids is 2. The fourth-order valence-electron chi connectivity index (χ4n) is 4.04. The Hall–Kier alpha value is -2.11. The average molecular weight is 358 g/mol. The van der Waals surface area contributed by atoms with E-state index < -0.39 is 0 Å². The van der Waals surface area contributed by atoms with Gasteiger partial charge in [-0.1, -0.05) is 25.7 Å². The van der Waals surface area contributed by atoms with Crippen molar-refractivity contribution in [2.75, 3.05) is 13.1 Å². The number of nitrogens with one attached hydrogen (secondary N) is 2. The van der Waals surface area contributed by atoms with E-state index in [9.17, 15) is 9.59 Å². The molecule has 2 N–H and O–H groups in total. The molecule has 1 aromatic rings. The lowest BCUT2D eigenvalue weighted by atomic mass is 10.0. The van der Waals surface area contributed by atoms with Crippen molar-refractivity contribution in [3.63, 3.8) is 0 Å². The zero-order chi connectivity index (χ0) is 18.2. The maximum atomic E-state index is 12.7. The van der Waals surface area contributed by atoms with Gasteiger partial charge >= 0.3 is 6.03 Å². The molecular formula is C20H30N4O2. The summed E-state index contributed by atoms with van der Waals surface area (Å²) in [4.78, 5) is 30.8. The summed E-state index contributed by atoms with van der Waals surface area (Å²) in [5.74, 6) is 0.0405. The molecule has 0 bridgehead atoms. The lowest BCUT2D eigenvalue weighted by Gasteiger charge is -2.30. The maximum Gasteiger partial charge on any atom is 0.317 e. The first-order valence-corrected chi connectivity index (χ1v) is 9.98. The van der Waals surface area contributed by atoms with Gasteiger partial charge in [-0.25, -0.2) is 4.79 Å². The van der Waals surface area contributed by atoms with E-state index in [1.807, 2.05) is 17.0 Å². The SMILES string of the molecule is O=C(CCNC(=O)N1CCCCC[C@@H]1c1ccncc1)NC1CCCC1. The Labute approximate surface area is 155 Å². The van der Waals surface area contributed by atoms with Crippen molar-refractivity contribution in [2.24, 2.45) is 0 Å². The number of likely N-dealkylation sites (tertiary alicyclic amines) is 1. The molecule has 1 saturated heterocycles. The monoisotopic (exact) mass is 358 g/mol.